The van der Waals surface area contributed by atoms with Gasteiger partial charge in [-0.05, 0) is 34.4 Å². The van der Waals surface area contributed by atoms with Crippen molar-refractivity contribution in [2.24, 2.45) is 5.73 Å². The average molecular weight is 290 g/mol. The van der Waals surface area contributed by atoms with Crippen molar-refractivity contribution in [3.05, 3.63) is 63.7 Å². The molecule has 4 heteroatoms. The van der Waals surface area contributed by atoms with Gasteiger partial charge in [0.25, 0.3) is 0 Å². The van der Waals surface area contributed by atoms with Crippen molar-refractivity contribution in [1.82, 2.24) is 0 Å². The molecular formula is C16H16ClNO2. The molecule has 0 aromatic heterocycles. The minimum Gasteiger partial charge on any atom is -0.495 e. The molecule has 0 spiro atoms. The molecule has 0 amide bonds. The first kappa shape index (κ1) is 13.4. The lowest BCUT2D eigenvalue weighted by molar-refractivity contribution is 0.134. The normalized spacial score (nSPS) is 14.9. The second-order valence-corrected chi connectivity index (χ2v) is 5.30. The van der Waals surface area contributed by atoms with Crippen LogP contribution in [0.2, 0.25) is 5.02 Å². The minimum absolute atomic E-state index is 0.204. The maximum atomic E-state index is 6.33. The number of ether oxygens (including phenoxy) is 2. The number of nitrogens with two attached hydrogens (primary N) is 1. The highest BCUT2D eigenvalue weighted by molar-refractivity contribution is 6.32. The lowest BCUT2D eigenvalue weighted by atomic mass is 9.96. The van der Waals surface area contributed by atoms with Gasteiger partial charge in [0.2, 0.25) is 0 Å². The molecule has 104 valence electrons. The van der Waals surface area contributed by atoms with E-state index in [-0.39, 0.29) is 6.04 Å². The van der Waals surface area contributed by atoms with Crippen LogP contribution in [0.15, 0.2) is 36.4 Å². The Morgan fingerprint density at radius 3 is 2.55 bits per heavy atom. The van der Waals surface area contributed by atoms with Crippen molar-refractivity contribution in [1.29, 1.82) is 0 Å². The highest BCUT2D eigenvalue weighted by Crippen LogP contribution is 2.30. The van der Waals surface area contributed by atoms with Gasteiger partial charge >= 0.3 is 0 Å². The van der Waals surface area contributed by atoms with Gasteiger partial charge in [-0.25, -0.2) is 0 Å². The SMILES string of the molecule is COc1ccc(C(N)c2ccc3c(c2)COC3)cc1Cl. The largest absolute Gasteiger partial charge is 0.495 e. The van der Waals surface area contributed by atoms with Gasteiger partial charge in [-0.15, -0.1) is 0 Å². The fourth-order valence-corrected chi connectivity index (χ4v) is 2.72. The Hall–Kier alpha value is -1.55. The van der Waals surface area contributed by atoms with E-state index in [1.807, 2.05) is 18.2 Å². The van der Waals surface area contributed by atoms with E-state index in [4.69, 9.17) is 26.8 Å². The topological polar surface area (TPSA) is 44.5 Å². The van der Waals surface area contributed by atoms with Gasteiger partial charge < -0.3 is 15.2 Å². The van der Waals surface area contributed by atoms with Gasteiger partial charge in [-0.2, -0.15) is 0 Å². The van der Waals surface area contributed by atoms with Gasteiger partial charge in [-0.1, -0.05) is 35.9 Å². The maximum absolute atomic E-state index is 6.33. The number of hydrogen-bond donors (Lipinski definition) is 1. The predicted octanol–water partition coefficient (Wildman–Crippen LogP) is 3.43. The van der Waals surface area contributed by atoms with E-state index in [9.17, 15) is 0 Å². The third-order valence-corrected chi connectivity index (χ3v) is 3.93. The van der Waals surface area contributed by atoms with E-state index < -0.39 is 0 Å². The average Bonchev–Trinajstić information content (AvgIpc) is 2.93. The molecule has 1 heterocycles. The number of halogens is 1. The van der Waals surface area contributed by atoms with Crippen molar-refractivity contribution in [3.8, 4) is 5.75 Å². The van der Waals surface area contributed by atoms with Crippen LogP contribution < -0.4 is 10.5 Å². The third-order valence-electron chi connectivity index (χ3n) is 3.64. The van der Waals surface area contributed by atoms with Crippen LogP contribution >= 0.6 is 11.6 Å². The molecule has 2 aromatic carbocycles. The first-order chi connectivity index (χ1) is 9.69. The molecule has 3 rings (SSSR count). The van der Waals surface area contributed by atoms with Gasteiger partial charge in [0.15, 0.2) is 0 Å². The molecule has 1 aliphatic rings. The Balaban J connectivity index is 1.92. The first-order valence-electron chi connectivity index (χ1n) is 6.47. The molecular weight excluding hydrogens is 274 g/mol. The van der Waals surface area contributed by atoms with E-state index in [0.717, 1.165) is 11.1 Å². The van der Waals surface area contributed by atoms with E-state index in [1.165, 1.54) is 11.1 Å². The second kappa shape index (κ2) is 5.44. The Kier molecular flexibility index (Phi) is 3.66. The summed E-state index contributed by atoms with van der Waals surface area (Å²) in [5.74, 6) is 0.657. The zero-order chi connectivity index (χ0) is 14.1. The fourth-order valence-electron chi connectivity index (χ4n) is 2.45. The highest BCUT2D eigenvalue weighted by atomic mass is 35.5. The molecule has 2 aromatic rings. The van der Waals surface area contributed by atoms with E-state index in [1.54, 1.807) is 7.11 Å². The lowest BCUT2D eigenvalue weighted by Crippen LogP contribution is -2.12. The highest BCUT2D eigenvalue weighted by Gasteiger charge is 2.16. The summed E-state index contributed by atoms with van der Waals surface area (Å²) in [5.41, 5.74) is 10.8. The minimum atomic E-state index is -0.204. The number of benzene rings is 2. The van der Waals surface area contributed by atoms with Crippen molar-refractivity contribution >= 4 is 11.6 Å². The summed E-state index contributed by atoms with van der Waals surface area (Å²) in [6, 6.07) is 11.7. The third kappa shape index (κ3) is 2.40. The summed E-state index contributed by atoms with van der Waals surface area (Å²) in [5, 5.41) is 0.574. The molecule has 1 aliphatic heterocycles. The van der Waals surface area contributed by atoms with Crippen LogP contribution in [0.5, 0.6) is 5.75 Å². The van der Waals surface area contributed by atoms with Crippen LogP contribution in [0, 0.1) is 0 Å². The van der Waals surface area contributed by atoms with E-state index in [2.05, 4.69) is 18.2 Å². The summed E-state index contributed by atoms with van der Waals surface area (Å²) in [6.07, 6.45) is 0. The molecule has 1 unspecified atom stereocenters. The number of methoxy groups -OCH3 is 1. The van der Waals surface area contributed by atoms with Crippen LogP contribution in [-0.2, 0) is 18.0 Å². The van der Waals surface area contributed by atoms with E-state index >= 15 is 0 Å². The Labute approximate surface area is 123 Å². The Morgan fingerprint density at radius 2 is 1.80 bits per heavy atom. The zero-order valence-corrected chi connectivity index (χ0v) is 12.0. The molecule has 0 bridgehead atoms. The van der Waals surface area contributed by atoms with Crippen molar-refractivity contribution in [2.45, 2.75) is 19.3 Å². The van der Waals surface area contributed by atoms with Crippen molar-refractivity contribution in [3.63, 3.8) is 0 Å². The first-order valence-corrected chi connectivity index (χ1v) is 6.85. The van der Waals surface area contributed by atoms with Crippen molar-refractivity contribution < 1.29 is 9.47 Å². The van der Waals surface area contributed by atoms with Crippen LogP contribution in [0.4, 0.5) is 0 Å². The fraction of sp³-hybridized carbons (Fsp3) is 0.250. The Morgan fingerprint density at radius 1 is 1.10 bits per heavy atom. The van der Waals surface area contributed by atoms with Gasteiger partial charge in [-0.3, -0.25) is 0 Å². The summed E-state index contributed by atoms with van der Waals surface area (Å²) >= 11 is 6.15. The van der Waals surface area contributed by atoms with Crippen LogP contribution in [0.3, 0.4) is 0 Å². The van der Waals surface area contributed by atoms with E-state index in [0.29, 0.717) is 24.0 Å². The molecule has 1 atom stereocenters. The summed E-state index contributed by atoms with van der Waals surface area (Å²) in [7, 11) is 1.60. The molecule has 0 radical (unpaired) electrons. The number of fused-ring (bicyclic) bond motifs is 1. The van der Waals surface area contributed by atoms with Crippen LogP contribution in [0.1, 0.15) is 28.3 Å². The van der Waals surface area contributed by atoms with Gasteiger partial charge in [0.05, 0.1) is 31.4 Å². The molecule has 20 heavy (non-hydrogen) atoms. The maximum Gasteiger partial charge on any atom is 0.137 e. The zero-order valence-electron chi connectivity index (χ0n) is 11.2. The molecule has 0 saturated carbocycles. The smallest absolute Gasteiger partial charge is 0.137 e. The second-order valence-electron chi connectivity index (χ2n) is 4.89. The molecule has 0 fully saturated rings. The summed E-state index contributed by atoms with van der Waals surface area (Å²) < 4.78 is 10.6. The standard InChI is InChI=1S/C16H16ClNO2/c1-19-15-5-4-11(7-14(15)17)16(18)10-2-3-12-8-20-9-13(12)6-10/h2-7,16H,8-9,18H2,1H3. The molecule has 3 nitrogen and oxygen atoms in total. The molecule has 0 saturated heterocycles. The lowest BCUT2D eigenvalue weighted by Gasteiger charge is -2.15. The quantitative estimate of drug-likeness (QED) is 0.941. The summed E-state index contributed by atoms with van der Waals surface area (Å²) in [6.45, 7) is 1.36. The van der Waals surface area contributed by atoms with Crippen LogP contribution in [-0.4, -0.2) is 7.11 Å². The molecule has 0 aliphatic carbocycles. The summed E-state index contributed by atoms with van der Waals surface area (Å²) in [4.78, 5) is 0. The van der Waals surface area contributed by atoms with Crippen LogP contribution in [0.25, 0.3) is 0 Å². The monoisotopic (exact) mass is 289 g/mol. The van der Waals surface area contributed by atoms with Crippen molar-refractivity contribution in [2.75, 3.05) is 7.11 Å². The van der Waals surface area contributed by atoms with Gasteiger partial charge in [0, 0.05) is 0 Å². The molecule has 2 N–H and O–H groups in total. The van der Waals surface area contributed by atoms with Gasteiger partial charge in [0.1, 0.15) is 5.75 Å². The number of rotatable bonds is 3. The predicted molar refractivity (Wildman–Crippen MR) is 79.0 cm³/mol. The number of hydrogen-bond acceptors (Lipinski definition) is 3. The Bertz CT molecular complexity index is 642.